The fourth-order valence-corrected chi connectivity index (χ4v) is 4.43. The van der Waals surface area contributed by atoms with Crippen molar-refractivity contribution < 1.29 is 14.3 Å². The van der Waals surface area contributed by atoms with Crippen molar-refractivity contribution in [2.75, 3.05) is 13.7 Å². The molecule has 5 nitrogen and oxygen atoms in total. The van der Waals surface area contributed by atoms with Crippen LogP contribution in [-0.2, 0) is 9.53 Å². The number of hydrogen-bond acceptors (Lipinski definition) is 7. The number of nitriles is 1. The Morgan fingerprint density at radius 3 is 2.72 bits per heavy atom. The van der Waals surface area contributed by atoms with Gasteiger partial charge < -0.3 is 9.47 Å². The minimum absolute atomic E-state index is 0.309. The quantitative estimate of drug-likeness (QED) is 0.373. The molecule has 0 bridgehead atoms. The van der Waals surface area contributed by atoms with Crippen molar-refractivity contribution in [2.45, 2.75) is 24.1 Å². The fourth-order valence-electron chi connectivity index (χ4n) is 2.82. The van der Waals surface area contributed by atoms with Crippen LogP contribution < -0.4 is 4.74 Å². The van der Waals surface area contributed by atoms with E-state index in [0.29, 0.717) is 22.9 Å². The van der Waals surface area contributed by atoms with Crippen molar-refractivity contribution in [3.8, 4) is 33.5 Å². The summed E-state index contributed by atoms with van der Waals surface area (Å²) in [7, 11) is 1.60. The largest absolute Gasteiger partial charge is 0.496 e. The van der Waals surface area contributed by atoms with E-state index in [1.54, 1.807) is 32.3 Å². The van der Waals surface area contributed by atoms with E-state index in [-0.39, 0.29) is 5.97 Å². The molecule has 148 valence electrons. The summed E-state index contributed by atoms with van der Waals surface area (Å²) >= 11 is 2.80. The molecule has 1 unspecified atom stereocenters. The van der Waals surface area contributed by atoms with Gasteiger partial charge in [0.05, 0.1) is 29.9 Å². The van der Waals surface area contributed by atoms with Crippen molar-refractivity contribution in [2.24, 2.45) is 0 Å². The van der Waals surface area contributed by atoms with Gasteiger partial charge in [-0.1, -0.05) is 36.0 Å². The number of thioether (sulfide) groups is 1. The molecule has 1 aromatic carbocycles. The second-order valence-electron chi connectivity index (χ2n) is 6.04. The highest BCUT2D eigenvalue weighted by atomic mass is 32.2. The molecule has 0 saturated carbocycles. The highest BCUT2D eigenvalue weighted by molar-refractivity contribution is 8.00. The Kier molecular flexibility index (Phi) is 6.91. The molecule has 29 heavy (non-hydrogen) atoms. The van der Waals surface area contributed by atoms with Crippen molar-refractivity contribution in [1.82, 2.24) is 4.98 Å². The van der Waals surface area contributed by atoms with Gasteiger partial charge in [-0.2, -0.15) is 5.26 Å². The molecule has 3 aromatic rings. The smallest absolute Gasteiger partial charge is 0.319 e. The van der Waals surface area contributed by atoms with Crippen LogP contribution in [0.3, 0.4) is 0 Å². The summed E-state index contributed by atoms with van der Waals surface area (Å²) in [6.07, 6.45) is 0. The summed E-state index contributed by atoms with van der Waals surface area (Å²) in [5.41, 5.74) is 2.69. The van der Waals surface area contributed by atoms with E-state index in [1.807, 2.05) is 47.8 Å². The molecule has 2 heterocycles. The first-order chi connectivity index (χ1) is 14.1. The zero-order chi connectivity index (χ0) is 20.8. The Morgan fingerprint density at radius 2 is 2.07 bits per heavy atom. The van der Waals surface area contributed by atoms with Crippen molar-refractivity contribution in [3.05, 3.63) is 53.4 Å². The lowest BCUT2D eigenvalue weighted by atomic mass is 10.00. The van der Waals surface area contributed by atoms with Crippen LogP contribution in [0.2, 0.25) is 0 Å². The first kappa shape index (κ1) is 20.9. The van der Waals surface area contributed by atoms with Gasteiger partial charge >= 0.3 is 5.97 Å². The number of methoxy groups -OCH3 is 1. The highest BCUT2D eigenvalue weighted by Gasteiger charge is 2.23. The van der Waals surface area contributed by atoms with Crippen LogP contribution in [0.15, 0.2) is 52.9 Å². The van der Waals surface area contributed by atoms with Gasteiger partial charge in [-0.25, -0.2) is 4.98 Å². The van der Waals surface area contributed by atoms with Gasteiger partial charge in [0.2, 0.25) is 0 Å². The Balaban J connectivity index is 2.18. The highest BCUT2D eigenvalue weighted by Crippen LogP contribution is 2.39. The minimum Gasteiger partial charge on any atom is -0.496 e. The van der Waals surface area contributed by atoms with Crippen molar-refractivity contribution in [1.29, 1.82) is 5.26 Å². The normalized spacial score (nSPS) is 11.5. The minimum atomic E-state index is -0.487. The first-order valence-corrected chi connectivity index (χ1v) is 10.8. The summed E-state index contributed by atoms with van der Waals surface area (Å²) in [6.45, 7) is 3.83. The molecule has 0 amide bonds. The third-order valence-electron chi connectivity index (χ3n) is 4.18. The van der Waals surface area contributed by atoms with Crippen LogP contribution in [0, 0.1) is 11.3 Å². The molecule has 2 aromatic heterocycles. The fraction of sp³-hybridized carbons (Fsp3) is 0.227. The summed E-state index contributed by atoms with van der Waals surface area (Å²) in [5, 5.41) is 11.9. The lowest BCUT2D eigenvalue weighted by Crippen LogP contribution is -2.17. The zero-order valence-electron chi connectivity index (χ0n) is 16.3. The van der Waals surface area contributed by atoms with Crippen LogP contribution in [0.5, 0.6) is 5.75 Å². The predicted octanol–water partition coefficient (Wildman–Crippen LogP) is 5.40. The van der Waals surface area contributed by atoms with Gasteiger partial charge in [-0.05, 0) is 37.4 Å². The topological polar surface area (TPSA) is 72.2 Å². The second-order valence-corrected chi connectivity index (χ2v) is 8.31. The molecule has 0 fully saturated rings. The molecule has 0 aliphatic heterocycles. The van der Waals surface area contributed by atoms with E-state index in [0.717, 1.165) is 21.7 Å². The number of benzene rings is 1. The van der Waals surface area contributed by atoms with E-state index in [4.69, 9.17) is 14.5 Å². The molecular formula is C22H20N2O3S2. The molecule has 0 saturated heterocycles. The Labute approximate surface area is 178 Å². The third kappa shape index (κ3) is 4.61. The molecule has 0 spiro atoms. The van der Waals surface area contributed by atoms with E-state index in [9.17, 15) is 10.1 Å². The zero-order valence-corrected chi connectivity index (χ0v) is 18.0. The van der Waals surface area contributed by atoms with E-state index in [1.165, 1.54) is 11.8 Å². The standard InChI is InChI=1S/C22H20N2O3S2/c1-4-27-22(25)14(2)29-21-17(13-23)16(15-8-5-6-9-19(15)26-3)12-18(24-21)20-10-7-11-28-20/h5-12,14H,4H2,1-3H3. The molecule has 0 aliphatic carbocycles. The molecule has 0 radical (unpaired) electrons. The maximum absolute atomic E-state index is 12.1. The van der Waals surface area contributed by atoms with Gasteiger partial charge in [-0.15, -0.1) is 11.3 Å². The number of ether oxygens (including phenoxy) is 2. The lowest BCUT2D eigenvalue weighted by molar-refractivity contribution is -0.142. The van der Waals surface area contributed by atoms with Crippen LogP contribution in [-0.4, -0.2) is 29.9 Å². The van der Waals surface area contributed by atoms with E-state index < -0.39 is 5.25 Å². The summed E-state index contributed by atoms with van der Waals surface area (Å²) in [6, 6.07) is 15.7. The number of rotatable bonds is 7. The van der Waals surface area contributed by atoms with E-state index >= 15 is 0 Å². The summed E-state index contributed by atoms with van der Waals surface area (Å²) in [4.78, 5) is 17.8. The van der Waals surface area contributed by atoms with Crippen LogP contribution in [0.1, 0.15) is 19.4 Å². The Morgan fingerprint density at radius 1 is 1.28 bits per heavy atom. The average Bonchev–Trinajstić information content (AvgIpc) is 3.28. The van der Waals surface area contributed by atoms with Gasteiger partial charge in [0.25, 0.3) is 0 Å². The predicted molar refractivity (Wildman–Crippen MR) is 116 cm³/mol. The van der Waals surface area contributed by atoms with E-state index in [2.05, 4.69) is 6.07 Å². The van der Waals surface area contributed by atoms with Crippen molar-refractivity contribution >= 4 is 29.1 Å². The van der Waals surface area contributed by atoms with Gasteiger partial charge in [0, 0.05) is 11.1 Å². The maximum Gasteiger partial charge on any atom is 0.319 e. The molecule has 3 rings (SSSR count). The number of pyridine rings is 1. The molecule has 0 N–H and O–H groups in total. The van der Waals surface area contributed by atoms with Crippen LogP contribution in [0.4, 0.5) is 0 Å². The van der Waals surface area contributed by atoms with Crippen LogP contribution in [0.25, 0.3) is 21.7 Å². The number of hydrogen-bond donors (Lipinski definition) is 0. The number of esters is 1. The SMILES string of the molecule is CCOC(=O)C(C)Sc1nc(-c2cccs2)cc(-c2ccccc2OC)c1C#N. The number of nitrogens with zero attached hydrogens (tertiary/aromatic N) is 2. The third-order valence-corrected chi connectivity index (χ3v) is 6.13. The van der Waals surface area contributed by atoms with Gasteiger partial charge in [-0.3, -0.25) is 4.79 Å². The molecular weight excluding hydrogens is 404 g/mol. The van der Waals surface area contributed by atoms with Crippen molar-refractivity contribution in [3.63, 3.8) is 0 Å². The number of thiophene rings is 1. The lowest BCUT2D eigenvalue weighted by Gasteiger charge is -2.16. The van der Waals surface area contributed by atoms with Gasteiger partial charge in [0.1, 0.15) is 22.1 Å². The Hall–Kier alpha value is -2.82. The molecule has 1 atom stereocenters. The number of carbonyl (C=O) groups excluding carboxylic acids is 1. The second kappa shape index (κ2) is 9.59. The van der Waals surface area contributed by atoms with Crippen LogP contribution >= 0.6 is 23.1 Å². The number of carbonyl (C=O) groups is 1. The molecule has 7 heteroatoms. The first-order valence-electron chi connectivity index (χ1n) is 9.04. The molecule has 0 aliphatic rings. The monoisotopic (exact) mass is 424 g/mol. The maximum atomic E-state index is 12.1. The number of aromatic nitrogens is 1. The van der Waals surface area contributed by atoms with Gasteiger partial charge in [0.15, 0.2) is 0 Å². The number of para-hydroxylation sites is 1. The average molecular weight is 425 g/mol. The summed E-state index contributed by atoms with van der Waals surface area (Å²) < 4.78 is 10.6. The Bertz CT molecular complexity index is 1040. The summed E-state index contributed by atoms with van der Waals surface area (Å²) in [5.74, 6) is 0.338.